The van der Waals surface area contributed by atoms with Crippen LogP contribution in [0.2, 0.25) is 0 Å². The Morgan fingerprint density at radius 3 is 2.65 bits per heavy atom. The standard InChI is InChI=1S/C26H31N3O2/c1-25-9-7-17(30)12-16(25)3-4-18-20-5-6-22(26(20,2)10-8-21(18)25)23-11-15(13-27)19(14-28)24(31)29-23/h3,11,17-18,20-22,30H,4-10,12H2,1-2H3,(H,29,31)/t17-,18+,20+,21+,22-,25-,26-/m0/s1. The normalized spacial score (nSPS) is 41.2. The molecule has 3 saturated carbocycles. The van der Waals surface area contributed by atoms with E-state index in [0.717, 1.165) is 50.6 Å². The number of aromatic nitrogens is 1. The molecule has 0 amide bonds. The first kappa shape index (κ1) is 20.5. The number of fused-ring (bicyclic) bond motifs is 5. The first-order valence-corrected chi connectivity index (χ1v) is 11.8. The smallest absolute Gasteiger partial charge is 0.267 e. The second kappa shape index (κ2) is 7.07. The van der Waals surface area contributed by atoms with Gasteiger partial charge in [-0.3, -0.25) is 4.79 Å². The van der Waals surface area contributed by atoms with Crippen LogP contribution in [0.5, 0.6) is 0 Å². The molecule has 0 aliphatic heterocycles. The second-order valence-corrected chi connectivity index (χ2v) is 10.9. The minimum Gasteiger partial charge on any atom is -0.393 e. The van der Waals surface area contributed by atoms with E-state index in [9.17, 15) is 20.4 Å². The molecule has 1 aromatic rings. The van der Waals surface area contributed by atoms with Crippen molar-refractivity contribution in [2.45, 2.75) is 77.2 Å². The molecular formula is C26H31N3O2. The van der Waals surface area contributed by atoms with Crippen molar-refractivity contribution in [2.24, 2.45) is 28.6 Å². The van der Waals surface area contributed by atoms with E-state index in [1.807, 2.05) is 12.1 Å². The van der Waals surface area contributed by atoms with E-state index < -0.39 is 5.56 Å². The Morgan fingerprint density at radius 2 is 1.90 bits per heavy atom. The molecular weight excluding hydrogens is 386 g/mol. The van der Waals surface area contributed by atoms with Crippen molar-refractivity contribution in [2.75, 3.05) is 0 Å². The Balaban J connectivity index is 1.49. The van der Waals surface area contributed by atoms with E-state index in [2.05, 4.69) is 24.9 Å². The maximum atomic E-state index is 12.5. The predicted molar refractivity (Wildman–Crippen MR) is 117 cm³/mol. The quantitative estimate of drug-likeness (QED) is 0.656. The zero-order valence-electron chi connectivity index (χ0n) is 18.4. The molecule has 0 spiro atoms. The van der Waals surface area contributed by atoms with Crippen molar-refractivity contribution in [3.05, 3.63) is 44.9 Å². The number of nitrogens with zero attached hydrogens (tertiary/aromatic N) is 2. The lowest BCUT2D eigenvalue weighted by atomic mass is 9.47. The summed E-state index contributed by atoms with van der Waals surface area (Å²) in [6.07, 6.45) is 10.7. The molecule has 4 aliphatic carbocycles. The third-order valence-corrected chi connectivity index (χ3v) is 9.74. The maximum absolute atomic E-state index is 12.5. The summed E-state index contributed by atoms with van der Waals surface area (Å²) in [5, 5.41) is 28.9. The van der Waals surface area contributed by atoms with Gasteiger partial charge in [0.05, 0.1) is 11.7 Å². The SMILES string of the molecule is C[C@]12CC[C@@H]3[C@H](CC=C4C[C@@H](O)CC[C@@]43C)[C@H]1CC[C@H]2c1cc(C#N)c(C#N)c(=O)[nH]1. The summed E-state index contributed by atoms with van der Waals surface area (Å²) in [7, 11) is 0. The van der Waals surface area contributed by atoms with Crippen LogP contribution in [0.3, 0.4) is 0 Å². The number of hydrogen-bond donors (Lipinski definition) is 2. The summed E-state index contributed by atoms with van der Waals surface area (Å²) in [5.41, 5.74) is 2.33. The molecule has 2 N–H and O–H groups in total. The fraction of sp³-hybridized carbons (Fsp3) is 0.654. The van der Waals surface area contributed by atoms with Gasteiger partial charge in [-0.25, -0.2) is 0 Å². The van der Waals surface area contributed by atoms with Gasteiger partial charge in [0.1, 0.15) is 17.7 Å². The number of nitrogens with one attached hydrogen (secondary N) is 1. The zero-order chi connectivity index (χ0) is 22.0. The van der Waals surface area contributed by atoms with Crippen molar-refractivity contribution < 1.29 is 5.11 Å². The average Bonchev–Trinajstić information content (AvgIpc) is 3.10. The van der Waals surface area contributed by atoms with Gasteiger partial charge in [0.25, 0.3) is 5.56 Å². The van der Waals surface area contributed by atoms with Crippen LogP contribution in [0.4, 0.5) is 0 Å². The van der Waals surface area contributed by atoms with E-state index in [0.29, 0.717) is 17.8 Å². The third-order valence-electron chi connectivity index (χ3n) is 9.74. The van der Waals surface area contributed by atoms with Crippen LogP contribution in [0.25, 0.3) is 0 Å². The number of aliphatic hydroxyl groups is 1. The molecule has 4 aliphatic rings. The first-order chi connectivity index (χ1) is 14.8. The summed E-state index contributed by atoms with van der Waals surface area (Å²) >= 11 is 0. The molecule has 31 heavy (non-hydrogen) atoms. The maximum Gasteiger partial charge on any atom is 0.267 e. The highest BCUT2D eigenvalue weighted by Gasteiger charge is 2.58. The van der Waals surface area contributed by atoms with Crippen LogP contribution >= 0.6 is 0 Å². The Bertz CT molecular complexity index is 1090. The Kier molecular flexibility index (Phi) is 4.68. The molecule has 3 fully saturated rings. The van der Waals surface area contributed by atoms with Crippen LogP contribution < -0.4 is 5.56 Å². The molecule has 0 bridgehead atoms. The highest BCUT2D eigenvalue weighted by Crippen LogP contribution is 2.67. The topological polar surface area (TPSA) is 101 Å². The van der Waals surface area contributed by atoms with E-state index >= 15 is 0 Å². The highest BCUT2D eigenvalue weighted by molar-refractivity contribution is 5.45. The molecule has 0 unspecified atom stereocenters. The number of rotatable bonds is 1. The number of allylic oxidation sites excluding steroid dienone is 1. The zero-order valence-corrected chi connectivity index (χ0v) is 18.4. The Labute approximate surface area is 183 Å². The van der Waals surface area contributed by atoms with Crippen LogP contribution in [0.15, 0.2) is 22.5 Å². The van der Waals surface area contributed by atoms with Crippen molar-refractivity contribution in [1.29, 1.82) is 10.5 Å². The molecule has 162 valence electrons. The lowest BCUT2D eigenvalue weighted by Gasteiger charge is -2.58. The molecule has 7 atom stereocenters. The number of aliphatic hydroxyl groups excluding tert-OH is 1. The summed E-state index contributed by atoms with van der Waals surface area (Å²) in [6.45, 7) is 4.83. The number of H-pyrrole nitrogens is 1. The molecule has 5 heteroatoms. The van der Waals surface area contributed by atoms with Gasteiger partial charge in [-0.05, 0) is 86.0 Å². The van der Waals surface area contributed by atoms with Gasteiger partial charge in [-0.15, -0.1) is 0 Å². The average molecular weight is 418 g/mol. The monoisotopic (exact) mass is 417 g/mol. The Hall–Kier alpha value is -2.37. The van der Waals surface area contributed by atoms with Crippen molar-refractivity contribution >= 4 is 0 Å². The molecule has 1 heterocycles. The fourth-order valence-corrected chi connectivity index (χ4v) is 8.12. The van der Waals surface area contributed by atoms with Gasteiger partial charge in [0.2, 0.25) is 0 Å². The number of hydrogen-bond acceptors (Lipinski definition) is 4. The lowest BCUT2D eigenvalue weighted by Crippen LogP contribution is -2.50. The van der Waals surface area contributed by atoms with Gasteiger partial charge in [-0.1, -0.05) is 25.5 Å². The number of pyridine rings is 1. The van der Waals surface area contributed by atoms with Crippen molar-refractivity contribution in [3.63, 3.8) is 0 Å². The van der Waals surface area contributed by atoms with Gasteiger partial charge < -0.3 is 10.1 Å². The minimum atomic E-state index is -0.434. The van der Waals surface area contributed by atoms with Gasteiger partial charge >= 0.3 is 0 Å². The summed E-state index contributed by atoms with van der Waals surface area (Å²) in [6, 6.07) is 5.69. The van der Waals surface area contributed by atoms with Crippen molar-refractivity contribution in [3.8, 4) is 12.1 Å². The fourth-order valence-electron chi connectivity index (χ4n) is 8.12. The second-order valence-electron chi connectivity index (χ2n) is 10.9. The van der Waals surface area contributed by atoms with Gasteiger partial charge in [0.15, 0.2) is 0 Å². The third kappa shape index (κ3) is 2.86. The molecule has 1 aromatic heterocycles. The minimum absolute atomic E-state index is 0.0768. The number of aromatic amines is 1. The van der Waals surface area contributed by atoms with Crippen LogP contribution in [-0.4, -0.2) is 16.2 Å². The van der Waals surface area contributed by atoms with Gasteiger partial charge in [0, 0.05) is 11.6 Å². The molecule has 5 rings (SSSR count). The molecule has 5 nitrogen and oxygen atoms in total. The van der Waals surface area contributed by atoms with E-state index in [4.69, 9.17) is 0 Å². The van der Waals surface area contributed by atoms with Crippen LogP contribution in [-0.2, 0) is 0 Å². The number of nitriles is 2. The van der Waals surface area contributed by atoms with Crippen LogP contribution in [0.1, 0.15) is 88.0 Å². The van der Waals surface area contributed by atoms with E-state index in [1.54, 1.807) is 6.07 Å². The summed E-state index contributed by atoms with van der Waals surface area (Å²) in [5.74, 6) is 2.14. The predicted octanol–water partition coefficient (Wildman–Crippen LogP) is 4.53. The van der Waals surface area contributed by atoms with Gasteiger partial charge in [-0.2, -0.15) is 10.5 Å². The molecule has 0 saturated heterocycles. The molecule has 0 radical (unpaired) electrons. The lowest BCUT2D eigenvalue weighted by molar-refractivity contribution is -0.0412. The first-order valence-electron chi connectivity index (χ1n) is 11.8. The van der Waals surface area contributed by atoms with Crippen LogP contribution in [0, 0.1) is 51.2 Å². The van der Waals surface area contributed by atoms with E-state index in [-0.39, 0.29) is 34.0 Å². The van der Waals surface area contributed by atoms with E-state index in [1.165, 1.54) is 12.0 Å². The summed E-state index contributed by atoms with van der Waals surface area (Å²) < 4.78 is 0. The highest BCUT2D eigenvalue weighted by atomic mass is 16.3. The largest absolute Gasteiger partial charge is 0.393 e. The van der Waals surface area contributed by atoms with Crippen molar-refractivity contribution in [1.82, 2.24) is 4.98 Å². The molecule has 0 aromatic carbocycles. The Morgan fingerprint density at radius 1 is 1.10 bits per heavy atom. The summed E-state index contributed by atoms with van der Waals surface area (Å²) in [4.78, 5) is 15.4.